The lowest BCUT2D eigenvalue weighted by molar-refractivity contribution is -0.132. The first kappa shape index (κ1) is 17.0. The van der Waals surface area contributed by atoms with Gasteiger partial charge in [-0.05, 0) is 49.7 Å². The van der Waals surface area contributed by atoms with Crippen molar-refractivity contribution in [3.8, 4) is 0 Å². The Kier molecular flexibility index (Phi) is 4.31. The van der Waals surface area contributed by atoms with Crippen LogP contribution in [-0.4, -0.2) is 52.5 Å². The Hall–Kier alpha value is -2.08. The highest BCUT2D eigenvalue weighted by Gasteiger charge is 2.37. The van der Waals surface area contributed by atoms with Crippen molar-refractivity contribution in [1.82, 2.24) is 14.4 Å². The lowest BCUT2D eigenvalue weighted by Gasteiger charge is -2.40. The van der Waals surface area contributed by atoms with Crippen molar-refractivity contribution in [3.63, 3.8) is 0 Å². The number of hydrogen-bond donors (Lipinski definition) is 0. The zero-order chi connectivity index (χ0) is 18.4. The van der Waals surface area contributed by atoms with Crippen LogP contribution in [0.3, 0.4) is 0 Å². The first-order chi connectivity index (χ1) is 13.2. The Morgan fingerprint density at radius 3 is 2.74 bits per heavy atom. The number of aromatic nitrogens is 1. The molecule has 1 saturated carbocycles. The minimum absolute atomic E-state index is 0.0334. The van der Waals surface area contributed by atoms with Gasteiger partial charge in [-0.3, -0.25) is 14.3 Å². The fourth-order valence-corrected chi connectivity index (χ4v) is 5.01. The molecule has 6 heteroatoms. The van der Waals surface area contributed by atoms with Gasteiger partial charge in [-0.1, -0.05) is 18.6 Å². The number of piperidine rings is 1. The van der Waals surface area contributed by atoms with Gasteiger partial charge in [0, 0.05) is 32.2 Å². The van der Waals surface area contributed by atoms with Gasteiger partial charge < -0.3 is 9.32 Å². The van der Waals surface area contributed by atoms with Gasteiger partial charge in [0.2, 0.25) is 5.91 Å². The average molecular weight is 369 g/mol. The number of amides is 1. The Labute approximate surface area is 158 Å². The van der Waals surface area contributed by atoms with E-state index in [2.05, 4.69) is 4.90 Å². The Bertz CT molecular complexity index is 897. The van der Waals surface area contributed by atoms with E-state index in [9.17, 15) is 9.59 Å². The first-order valence-electron chi connectivity index (χ1n) is 10.3. The summed E-state index contributed by atoms with van der Waals surface area (Å²) in [6.45, 7) is 4.01. The molecule has 1 amide bonds. The van der Waals surface area contributed by atoms with Crippen molar-refractivity contribution >= 4 is 17.0 Å². The molecule has 27 heavy (non-hydrogen) atoms. The molecule has 1 aromatic heterocycles. The molecule has 0 radical (unpaired) electrons. The molecule has 0 unspecified atom stereocenters. The van der Waals surface area contributed by atoms with Crippen LogP contribution in [-0.2, 0) is 11.3 Å². The molecule has 0 spiro atoms. The summed E-state index contributed by atoms with van der Waals surface area (Å²) in [6.07, 6.45) is 6.52. The molecule has 4 aliphatic rings. The second-order valence-corrected chi connectivity index (χ2v) is 8.57. The number of carbonyl (C=O) groups excluding carboxylic acids is 1. The van der Waals surface area contributed by atoms with Gasteiger partial charge in [0.25, 0.3) is 0 Å². The second kappa shape index (κ2) is 6.82. The van der Waals surface area contributed by atoms with E-state index >= 15 is 0 Å². The van der Waals surface area contributed by atoms with Gasteiger partial charge >= 0.3 is 5.76 Å². The molecule has 1 aliphatic carbocycles. The average Bonchev–Trinajstić information content (AvgIpc) is 2.79. The van der Waals surface area contributed by atoms with Crippen molar-refractivity contribution in [1.29, 1.82) is 0 Å². The minimum atomic E-state index is -0.450. The van der Waals surface area contributed by atoms with Crippen molar-refractivity contribution in [2.75, 3.05) is 26.2 Å². The Morgan fingerprint density at radius 1 is 1.07 bits per heavy atom. The second-order valence-electron chi connectivity index (χ2n) is 8.57. The fourth-order valence-electron chi connectivity index (χ4n) is 5.01. The molecule has 6 nitrogen and oxygen atoms in total. The van der Waals surface area contributed by atoms with Crippen molar-refractivity contribution in [3.05, 3.63) is 34.8 Å². The van der Waals surface area contributed by atoms with Crippen LogP contribution >= 0.6 is 0 Å². The van der Waals surface area contributed by atoms with Crippen LogP contribution in [0, 0.1) is 11.8 Å². The van der Waals surface area contributed by atoms with E-state index in [1.165, 1.54) is 43.2 Å². The molecule has 144 valence electrons. The molecular formula is C21H27N3O3. The molecule has 4 fully saturated rings. The molecule has 2 aromatic rings. The normalized spacial score (nSPS) is 26.3. The van der Waals surface area contributed by atoms with Gasteiger partial charge in [-0.2, -0.15) is 0 Å². The van der Waals surface area contributed by atoms with E-state index in [4.69, 9.17) is 4.42 Å². The van der Waals surface area contributed by atoms with E-state index < -0.39 is 5.76 Å². The molecule has 2 atom stereocenters. The minimum Gasteiger partial charge on any atom is -0.408 e. The summed E-state index contributed by atoms with van der Waals surface area (Å²) in [5.41, 5.74) is 1.23. The number of benzene rings is 1. The van der Waals surface area contributed by atoms with Gasteiger partial charge in [0.15, 0.2) is 5.58 Å². The maximum Gasteiger partial charge on any atom is 0.420 e. The summed E-state index contributed by atoms with van der Waals surface area (Å²) in [4.78, 5) is 29.9. The van der Waals surface area contributed by atoms with Gasteiger partial charge in [0.05, 0.1) is 5.52 Å². The first-order valence-corrected chi connectivity index (χ1v) is 10.3. The molecule has 0 N–H and O–H groups in total. The molecule has 3 aliphatic heterocycles. The SMILES string of the molecule is O=C(Cn1c(=O)oc2ccccc21)N1C[C@@H]2CC[C@H](C1)N(CC1CCC1)C2. The maximum atomic E-state index is 13.0. The van der Waals surface area contributed by atoms with Gasteiger partial charge in [0.1, 0.15) is 6.54 Å². The number of fused-ring (bicyclic) bond motifs is 5. The third-order valence-corrected chi connectivity index (χ3v) is 6.76. The topological polar surface area (TPSA) is 58.7 Å². The zero-order valence-corrected chi connectivity index (χ0v) is 15.7. The predicted molar refractivity (Wildman–Crippen MR) is 102 cm³/mol. The highest BCUT2D eigenvalue weighted by Crippen LogP contribution is 2.33. The van der Waals surface area contributed by atoms with E-state index in [0.717, 1.165) is 25.6 Å². The summed E-state index contributed by atoms with van der Waals surface area (Å²) in [5.74, 6) is 1.01. The van der Waals surface area contributed by atoms with E-state index in [0.29, 0.717) is 23.1 Å². The third kappa shape index (κ3) is 3.20. The highest BCUT2D eigenvalue weighted by molar-refractivity contribution is 5.79. The summed E-state index contributed by atoms with van der Waals surface area (Å²) >= 11 is 0. The van der Waals surface area contributed by atoms with Gasteiger partial charge in [-0.15, -0.1) is 0 Å². The van der Waals surface area contributed by atoms with Crippen LogP contribution in [0.4, 0.5) is 0 Å². The smallest absolute Gasteiger partial charge is 0.408 e. The number of oxazole rings is 1. The Balaban J connectivity index is 1.32. The van der Waals surface area contributed by atoms with E-state index in [-0.39, 0.29) is 12.5 Å². The van der Waals surface area contributed by atoms with Crippen LogP contribution in [0.5, 0.6) is 0 Å². The summed E-state index contributed by atoms with van der Waals surface area (Å²) in [5, 5.41) is 0. The molecule has 2 bridgehead atoms. The molecule has 3 saturated heterocycles. The lowest BCUT2D eigenvalue weighted by Crippen LogP contribution is -2.47. The summed E-state index contributed by atoms with van der Waals surface area (Å²) in [6, 6.07) is 7.78. The van der Waals surface area contributed by atoms with E-state index in [1.54, 1.807) is 6.07 Å². The van der Waals surface area contributed by atoms with Crippen LogP contribution in [0.1, 0.15) is 32.1 Å². The van der Waals surface area contributed by atoms with E-state index in [1.807, 2.05) is 23.1 Å². The molecular weight excluding hydrogens is 342 g/mol. The van der Waals surface area contributed by atoms with Crippen LogP contribution in [0.25, 0.3) is 11.1 Å². The monoisotopic (exact) mass is 369 g/mol. The molecule has 4 heterocycles. The Morgan fingerprint density at radius 2 is 1.93 bits per heavy atom. The number of rotatable bonds is 4. The van der Waals surface area contributed by atoms with Gasteiger partial charge in [-0.25, -0.2) is 4.79 Å². The summed E-state index contributed by atoms with van der Waals surface area (Å²) in [7, 11) is 0. The number of nitrogens with zero attached hydrogens (tertiary/aromatic N) is 3. The van der Waals surface area contributed by atoms with Crippen molar-refractivity contribution in [2.24, 2.45) is 11.8 Å². The predicted octanol–water partition coefficient (Wildman–Crippen LogP) is 2.32. The van der Waals surface area contributed by atoms with Crippen LogP contribution in [0.2, 0.25) is 0 Å². The fraction of sp³-hybridized carbons (Fsp3) is 0.619. The number of carbonyl (C=O) groups is 1. The molecule has 6 rings (SSSR count). The standard InChI is InChI=1S/C21H27N3O3/c25-20(14-24-18-6-1-2-7-19(18)27-21(24)26)23-12-16-8-9-17(13-23)22(11-16)10-15-4-3-5-15/h1-2,6-7,15-17H,3-5,8-14H2/t16-,17-/m1/s1. The summed E-state index contributed by atoms with van der Waals surface area (Å²) < 4.78 is 6.74. The quantitative estimate of drug-likeness (QED) is 0.830. The maximum absolute atomic E-state index is 13.0. The third-order valence-electron chi connectivity index (χ3n) is 6.76. The van der Waals surface area contributed by atoms with Crippen LogP contribution in [0.15, 0.2) is 33.5 Å². The largest absolute Gasteiger partial charge is 0.420 e. The lowest BCUT2D eigenvalue weighted by atomic mass is 9.83. The number of para-hydroxylation sites is 2. The highest BCUT2D eigenvalue weighted by atomic mass is 16.4. The molecule has 1 aromatic carbocycles. The van der Waals surface area contributed by atoms with Crippen LogP contribution < -0.4 is 5.76 Å². The zero-order valence-electron chi connectivity index (χ0n) is 15.7. The number of hydrogen-bond acceptors (Lipinski definition) is 4. The van der Waals surface area contributed by atoms with Crippen molar-refractivity contribution in [2.45, 2.75) is 44.7 Å². The van der Waals surface area contributed by atoms with Crippen molar-refractivity contribution < 1.29 is 9.21 Å².